The molecule has 0 bridgehead atoms. The van der Waals surface area contributed by atoms with Crippen molar-refractivity contribution in [3.63, 3.8) is 0 Å². The molecule has 4 rings (SSSR count). The van der Waals surface area contributed by atoms with E-state index in [9.17, 15) is 0 Å². The molecule has 1 aliphatic heterocycles. The molecule has 0 radical (unpaired) electrons. The average Bonchev–Trinajstić information content (AvgIpc) is 2.84. The summed E-state index contributed by atoms with van der Waals surface area (Å²) in [5.74, 6) is 0.903. The Balaban J connectivity index is 1.48. The topological polar surface area (TPSA) is 37.7 Å². The normalized spacial score (nSPS) is 16.5. The van der Waals surface area contributed by atoms with Crippen LogP contribution in [0.15, 0.2) is 77.8 Å². The van der Waals surface area contributed by atoms with E-state index in [1.165, 1.54) is 11.1 Å². The van der Waals surface area contributed by atoms with Crippen LogP contribution >= 0.6 is 0 Å². The van der Waals surface area contributed by atoms with Gasteiger partial charge in [0.1, 0.15) is 5.75 Å². The maximum atomic E-state index is 5.49. The third-order valence-electron chi connectivity index (χ3n) is 6.00. The van der Waals surface area contributed by atoms with Gasteiger partial charge in [0.25, 0.3) is 0 Å². The maximum Gasteiger partial charge on any atom is 0.119 e. The summed E-state index contributed by atoms with van der Waals surface area (Å²) in [5.41, 5.74) is 4.66. The van der Waals surface area contributed by atoms with Gasteiger partial charge in [0.05, 0.1) is 24.9 Å². The Morgan fingerprint density at radius 1 is 1.00 bits per heavy atom. The smallest absolute Gasteiger partial charge is 0.119 e. The number of rotatable bonds is 7. The van der Waals surface area contributed by atoms with Crippen molar-refractivity contribution in [3.05, 3.63) is 95.3 Å². The van der Waals surface area contributed by atoms with Gasteiger partial charge in [-0.2, -0.15) is 0 Å². The lowest BCUT2D eigenvalue weighted by Crippen LogP contribution is -2.38. The fourth-order valence-corrected chi connectivity index (χ4v) is 4.30. The summed E-state index contributed by atoms with van der Waals surface area (Å²) < 4.78 is 5.49. The fourth-order valence-electron chi connectivity index (χ4n) is 4.30. The van der Waals surface area contributed by atoms with Crippen LogP contribution in [-0.4, -0.2) is 42.3 Å². The van der Waals surface area contributed by atoms with Gasteiger partial charge in [0.2, 0.25) is 0 Å². The Labute approximate surface area is 185 Å². The molecule has 4 heteroatoms. The molecule has 1 unspecified atom stereocenters. The minimum Gasteiger partial charge on any atom is -0.497 e. The van der Waals surface area contributed by atoms with E-state index in [2.05, 4.69) is 77.5 Å². The van der Waals surface area contributed by atoms with Crippen LogP contribution in [0.3, 0.4) is 0 Å². The zero-order valence-corrected chi connectivity index (χ0v) is 18.4. The van der Waals surface area contributed by atoms with Crippen molar-refractivity contribution in [1.29, 1.82) is 0 Å². The standard InChI is InChI=1S/C27H31N3O/c1-3-23-12-8-13-25(29-23)20-28-24-15-17-30(18-16-24)27(21-9-5-4-6-10-21)22-11-7-14-26(19-22)31-2/h4-14,19-20,24,27H,3,15-18H2,1-2H3/b28-20+. The number of piperidine rings is 1. The molecule has 1 aliphatic rings. The molecule has 0 saturated carbocycles. The lowest BCUT2D eigenvalue weighted by Gasteiger charge is -2.37. The average molecular weight is 414 g/mol. The first-order valence-electron chi connectivity index (χ1n) is 11.2. The number of aryl methyl sites for hydroxylation is 1. The van der Waals surface area contributed by atoms with E-state index in [0.29, 0.717) is 6.04 Å². The largest absolute Gasteiger partial charge is 0.497 e. The van der Waals surface area contributed by atoms with E-state index in [-0.39, 0.29) is 6.04 Å². The van der Waals surface area contributed by atoms with Crippen LogP contribution in [0, 0.1) is 0 Å². The summed E-state index contributed by atoms with van der Waals surface area (Å²) in [7, 11) is 1.73. The molecular formula is C27H31N3O. The number of aliphatic imine (C=N–C) groups is 1. The first kappa shape index (κ1) is 21.3. The third kappa shape index (κ3) is 5.39. The van der Waals surface area contributed by atoms with E-state index in [0.717, 1.165) is 49.5 Å². The van der Waals surface area contributed by atoms with Crippen LogP contribution in [0.4, 0.5) is 0 Å². The van der Waals surface area contributed by atoms with Gasteiger partial charge in [0, 0.05) is 25.0 Å². The summed E-state index contributed by atoms with van der Waals surface area (Å²) in [4.78, 5) is 12.1. The number of pyridine rings is 1. The molecule has 1 fully saturated rings. The lowest BCUT2D eigenvalue weighted by molar-refractivity contribution is 0.175. The zero-order chi connectivity index (χ0) is 21.5. The third-order valence-corrected chi connectivity index (χ3v) is 6.00. The van der Waals surface area contributed by atoms with Gasteiger partial charge >= 0.3 is 0 Å². The summed E-state index contributed by atoms with van der Waals surface area (Å²) in [6, 6.07) is 26.0. The highest BCUT2D eigenvalue weighted by Gasteiger charge is 2.27. The molecule has 1 saturated heterocycles. The van der Waals surface area contributed by atoms with Crippen LogP contribution in [0.2, 0.25) is 0 Å². The SMILES string of the molecule is CCc1cccc(/C=N/C2CCN(C(c3ccccc3)c3cccc(OC)c3)CC2)n1. The molecule has 160 valence electrons. The van der Waals surface area contributed by atoms with Crippen molar-refractivity contribution in [1.82, 2.24) is 9.88 Å². The van der Waals surface area contributed by atoms with E-state index in [1.54, 1.807) is 7.11 Å². The van der Waals surface area contributed by atoms with E-state index >= 15 is 0 Å². The van der Waals surface area contributed by atoms with Crippen LogP contribution in [0.25, 0.3) is 0 Å². The van der Waals surface area contributed by atoms with E-state index in [4.69, 9.17) is 9.73 Å². The highest BCUT2D eigenvalue weighted by Crippen LogP contribution is 2.33. The van der Waals surface area contributed by atoms with Gasteiger partial charge in [-0.05, 0) is 54.7 Å². The molecule has 3 aromatic rings. The van der Waals surface area contributed by atoms with Gasteiger partial charge in [-0.1, -0.05) is 55.5 Å². The number of hydrogen-bond donors (Lipinski definition) is 0. The first-order valence-corrected chi connectivity index (χ1v) is 11.2. The van der Waals surface area contributed by atoms with Crippen molar-refractivity contribution < 1.29 is 4.74 Å². The van der Waals surface area contributed by atoms with Crippen molar-refractivity contribution in [2.45, 2.75) is 38.3 Å². The molecule has 2 heterocycles. The van der Waals surface area contributed by atoms with Gasteiger partial charge in [-0.25, -0.2) is 0 Å². The lowest BCUT2D eigenvalue weighted by atomic mass is 9.94. The fraction of sp³-hybridized carbons (Fsp3) is 0.333. The number of hydrogen-bond acceptors (Lipinski definition) is 4. The molecule has 0 N–H and O–H groups in total. The maximum absolute atomic E-state index is 5.49. The first-order chi connectivity index (χ1) is 15.3. The number of likely N-dealkylation sites (tertiary alicyclic amines) is 1. The van der Waals surface area contributed by atoms with Gasteiger partial charge in [0.15, 0.2) is 0 Å². The highest BCUT2D eigenvalue weighted by atomic mass is 16.5. The van der Waals surface area contributed by atoms with E-state index in [1.807, 2.05) is 18.3 Å². The zero-order valence-electron chi connectivity index (χ0n) is 18.4. The molecule has 31 heavy (non-hydrogen) atoms. The molecule has 2 aromatic carbocycles. The second-order valence-corrected chi connectivity index (χ2v) is 8.04. The van der Waals surface area contributed by atoms with Crippen molar-refractivity contribution in [2.24, 2.45) is 4.99 Å². The van der Waals surface area contributed by atoms with Crippen LogP contribution in [-0.2, 0) is 6.42 Å². The Kier molecular flexibility index (Phi) is 7.11. The molecular weight excluding hydrogens is 382 g/mol. The number of benzene rings is 2. The number of methoxy groups -OCH3 is 1. The highest BCUT2D eigenvalue weighted by molar-refractivity contribution is 5.77. The van der Waals surface area contributed by atoms with E-state index < -0.39 is 0 Å². The van der Waals surface area contributed by atoms with Crippen molar-refractivity contribution in [3.8, 4) is 5.75 Å². The molecule has 0 aliphatic carbocycles. The monoisotopic (exact) mass is 413 g/mol. The Hall–Kier alpha value is -2.98. The molecule has 1 atom stereocenters. The predicted octanol–water partition coefficient (Wildman–Crippen LogP) is 5.33. The second kappa shape index (κ2) is 10.4. The van der Waals surface area contributed by atoms with Crippen LogP contribution < -0.4 is 4.74 Å². The molecule has 0 amide bonds. The summed E-state index contributed by atoms with van der Waals surface area (Å²) in [6.45, 7) is 4.16. The molecule has 0 spiro atoms. The van der Waals surface area contributed by atoms with Crippen LogP contribution in [0.5, 0.6) is 5.75 Å². The molecule has 4 nitrogen and oxygen atoms in total. The minimum absolute atomic E-state index is 0.226. The van der Waals surface area contributed by atoms with Crippen molar-refractivity contribution in [2.75, 3.05) is 20.2 Å². The summed E-state index contributed by atoms with van der Waals surface area (Å²) >= 11 is 0. The van der Waals surface area contributed by atoms with Crippen LogP contribution in [0.1, 0.15) is 48.3 Å². The van der Waals surface area contributed by atoms with Gasteiger partial charge in [-0.3, -0.25) is 14.9 Å². The predicted molar refractivity (Wildman–Crippen MR) is 127 cm³/mol. The van der Waals surface area contributed by atoms with Gasteiger partial charge < -0.3 is 4.74 Å². The Bertz CT molecular complexity index is 994. The van der Waals surface area contributed by atoms with Crippen molar-refractivity contribution >= 4 is 6.21 Å². The second-order valence-electron chi connectivity index (χ2n) is 8.04. The Morgan fingerprint density at radius 3 is 2.48 bits per heavy atom. The quantitative estimate of drug-likeness (QED) is 0.492. The Morgan fingerprint density at radius 2 is 1.74 bits per heavy atom. The molecule has 1 aromatic heterocycles. The number of ether oxygens (including phenoxy) is 1. The summed E-state index contributed by atoms with van der Waals surface area (Å²) in [6.07, 6.45) is 5.01. The minimum atomic E-state index is 0.226. The number of nitrogens with zero attached hydrogens (tertiary/aromatic N) is 3. The summed E-state index contributed by atoms with van der Waals surface area (Å²) in [5, 5.41) is 0. The van der Waals surface area contributed by atoms with Gasteiger partial charge in [-0.15, -0.1) is 0 Å². The number of aromatic nitrogens is 1.